The summed E-state index contributed by atoms with van der Waals surface area (Å²) < 4.78 is 27.0. The van der Waals surface area contributed by atoms with E-state index in [1.165, 1.54) is 11.4 Å². The third-order valence-electron chi connectivity index (χ3n) is 3.09. The fourth-order valence-electron chi connectivity index (χ4n) is 2.00. The summed E-state index contributed by atoms with van der Waals surface area (Å²) in [6, 6.07) is 7.62. The largest absolute Gasteiger partial charge is 0.399 e. The minimum atomic E-state index is -3.30. The highest BCUT2D eigenvalue weighted by Crippen LogP contribution is 2.18. The standard InChI is InChI=1S/C11H18N4O2S/c1-13-18(16,17)15-8-6-14(7-9-15)11-4-2-10(12)3-5-11/h2-5,13H,6-9,12H2,1H3. The van der Waals surface area contributed by atoms with Gasteiger partial charge in [-0.3, -0.25) is 0 Å². The zero-order valence-corrected chi connectivity index (χ0v) is 11.2. The number of hydrogen-bond acceptors (Lipinski definition) is 4. The molecule has 6 nitrogen and oxygen atoms in total. The molecule has 0 atom stereocenters. The Morgan fingerprint density at radius 1 is 1.11 bits per heavy atom. The zero-order chi connectivity index (χ0) is 13.2. The lowest BCUT2D eigenvalue weighted by Gasteiger charge is -2.35. The van der Waals surface area contributed by atoms with E-state index in [1.807, 2.05) is 24.3 Å². The van der Waals surface area contributed by atoms with Crippen LogP contribution in [0.25, 0.3) is 0 Å². The van der Waals surface area contributed by atoms with Crippen LogP contribution in [0, 0.1) is 0 Å². The van der Waals surface area contributed by atoms with Gasteiger partial charge in [-0.15, -0.1) is 0 Å². The van der Waals surface area contributed by atoms with Crippen molar-refractivity contribution >= 4 is 21.6 Å². The van der Waals surface area contributed by atoms with Crippen LogP contribution < -0.4 is 15.4 Å². The van der Waals surface area contributed by atoms with E-state index in [2.05, 4.69) is 9.62 Å². The highest BCUT2D eigenvalue weighted by atomic mass is 32.2. The molecule has 0 radical (unpaired) electrons. The van der Waals surface area contributed by atoms with Gasteiger partial charge in [-0.1, -0.05) is 0 Å². The van der Waals surface area contributed by atoms with Crippen molar-refractivity contribution < 1.29 is 8.42 Å². The second-order valence-electron chi connectivity index (χ2n) is 4.19. The second-order valence-corrected chi connectivity index (χ2v) is 6.06. The van der Waals surface area contributed by atoms with Gasteiger partial charge in [-0.2, -0.15) is 12.7 Å². The van der Waals surface area contributed by atoms with Crippen LogP contribution in [0.3, 0.4) is 0 Å². The first-order chi connectivity index (χ1) is 8.53. The second kappa shape index (κ2) is 5.13. The average molecular weight is 270 g/mol. The molecule has 1 heterocycles. The molecule has 0 aliphatic carbocycles. The molecule has 1 saturated heterocycles. The third-order valence-corrected chi connectivity index (χ3v) is 4.66. The Bertz CT molecular complexity index is 492. The van der Waals surface area contributed by atoms with Crippen LogP contribution in [-0.4, -0.2) is 45.9 Å². The summed E-state index contributed by atoms with van der Waals surface area (Å²) in [4.78, 5) is 2.15. The van der Waals surface area contributed by atoms with E-state index in [4.69, 9.17) is 5.73 Å². The molecule has 0 spiro atoms. The molecule has 3 N–H and O–H groups in total. The van der Waals surface area contributed by atoms with Crippen molar-refractivity contribution in [1.82, 2.24) is 9.03 Å². The van der Waals surface area contributed by atoms with Crippen molar-refractivity contribution in [1.29, 1.82) is 0 Å². The molecule has 0 amide bonds. The molecule has 2 rings (SSSR count). The molecule has 1 aliphatic heterocycles. The predicted molar refractivity (Wildman–Crippen MR) is 72.6 cm³/mol. The molecule has 0 unspecified atom stereocenters. The Morgan fingerprint density at radius 2 is 1.67 bits per heavy atom. The third kappa shape index (κ3) is 2.74. The van der Waals surface area contributed by atoms with Gasteiger partial charge in [0.15, 0.2) is 0 Å². The number of piperazine rings is 1. The number of nitrogens with two attached hydrogens (primary N) is 1. The first-order valence-corrected chi connectivity index (χ1v) is 7.26. The first kappa shape index (κ1) is 13.1. The molecule has 0 bridgehead atoms. The number of benzene rings is 1. The Hall–Kier alpha value is -1.31. The topological polar surface area (TPSA) is 78.7 Å². The van der Waals surface area contributed by atoms with Gasteiger partial charge in [-0.25, -0.2) is 4.72 Å². The van der Waals surface area contributed by atoms with Crippen LogP contribution in [0.4, 0.5) is 11.4 Å². The Kier molecular flexibility index (Phi) is 3.74. The Morgan fingerprint density at radius 3 is 2.17 bits per heavy atom. The van der Waals surface area contributed by atoms with Crippen molar-refractivity contribution in [3.8, 4) is 0 Å². The van der Waals surface area contributed by atoms with Crippen molar-refractivity contribution in [2.75, 3.05) is 43.9 Å². The lowest BCUT2D eigenvalue weighted by molar-refractivity contribution is 0.380. The molecule has 1 fully saturated rings. The SMILES string of the molecule is CNS(=O)(=O)N1CCN(c2ccc(N)cc2)CC1. The fraction of sp³-hybridized carbons (Fsp3) is 0.455. The van der Waals surface area contributed by atoms with Crippen LogP contribution in [-0.2, 0) is 10.2 Å². The van der Waals surface area contributed by atoms with E-state index in [1.54, 1.807) is 0 Å². The van der Waals surface area contributed by atoms with E-state index in [9.17, 15) is 8.42 Å². The highest BCUT2D eigenvalue weighted by Gasteiger charge is 2.25. The number of rotatable bonds is 3. The molecule has 100 valence electrons. The zero-order valence-electron chi connectivity index (χ0n) is 10.3. The number of anilines is 2. The van der Waals surface area contributed by atoms with Gasteiger partial charge >= 0.3 is 0 Å². The van der Waals surface area contributed by atoms with E-state index in [0.29, 0.717) is 26.2 Å². The molecule has 7 heteroatoms. The number of hydrogen-bond donors (Lipinski definition) is 2. The normalized spacial score (nSPS) is 17.9. The maximum Gasteiger partial charge on any atom is 0.279 e. The van der Waals surface area contributed by atoms with Gasteiger partial charge < -0.3 is 10.6 Å². The van der Waals surface area contributed by atoms with Gasteiger partial charge in [-0.05, 0) is 24.3 Å². The molecule has 1 aromatic rings. The lowest BCUT2D eigenvalue weighted by atomic mass is 10.2. The molecule has 1 aliphatic rings. The number of nitrogens with one attached hydrogen (secondary N) is 1. The van der Waals surface area contributed by atoms with E-state index < -0.39 is 10.2 Å². The van der Waals surface area contributed by atoms with Crippen LogP contribution in [0.15, 0.2) is 24.3 Å². The molecule has 0 saturated carbocycles. The van der Waals surface area contributed by atoms with Crippen LogP contribution in [0.5, 0.6) is 0 Å². The molecule has 1 aromatic carbocycles. The summed E-state index contributed by atoms with van der Waals surface area (Å²) >= 11 is 0. The summed E-state index contributed by atoms with van der Waals surface area (Å²) in [6.07, 6.45) is 0. The Labute approximate surface area is 108 Å². The smallest absolute Gasteiger partial charge is 0.279 e. The highest BCUT2D eigenvalue weighted by molar-refractivity contribution is 7.87. The van der Waals surface area contributed by atoms with Crippen LogP contribution in [0.2, 0.25) is 0 Å². The summed E-state index contributed by atoms with van der Waals surface area (Å²) in [7, 11) is -1.86. The van der Waals surface area contributed by atoms with Gasteiger partial charge in [0.2, 0.25) is 0 Å². The lowest BCUT2D eigenvalue weighted by Crippen LogP contribution is -2.51. The van der Waals surface area contributed by atoms with E-state index in [-0.39, 0.29) is 0 Å². The van der Waals surface area contributed by atoms with Crippen LogP contribution in [0.1, 0.15) is 0 Å². The number of nitrogens with zero attached hydrogens (tertiary/aromatic N) is 2. The van der Waals surface area contributed by atoms with E-state index >= 15 is 0 Å². The van der Waals surface area contributed by atoms with Gasteiger partial charge in [0, 0.05) is 44.6 Å². The fourth-order valence-corrected chi connectivity index (χ4v) is 2.90. The molecule has 18 heavy (non-hydrogen) atoms. The van der Waals surface area contributed by atoms with Crippen molar-refractivity contribution in [3.63, 3.8) is 0 Å². The first-order valence-electron chi connectivity index (χ1n) is 5.82. The van der Waals surface area contributed by atoms with Crippen LogP contribution >= 0.6 is 0 Å². The molecular formula is C11H18N4O2S. The van der Waals surface area contributed by atoms with Crippen molar-refractivity contribution in [3.05, 3.63) is 24.3 Å². The minimum Gasteiger partial charge on any atom is -0.399 e. The quantitative estimate of drug-likeness (QED) is 0.749. The monoisotopic (exact) mass is 270 g/mol. The van der Waals surface area contributed by atoms with Gasteiger partial charge in [0.05, 0.1) is 0 Å². The predicted octanol–water partition coefficient (Wildman–Crippen LogP) is -0.145. The van der Waals surface area contributed by atoms with Gasteiger partial charge in [0.1, 0.15) is 0 Å². The average Bonchev–Trinajstić information content (AvgIpc) is 2.40. The summed E-state index contributed by atoms with van der Waals surface area (Å²) in [6.45, 7) is 2.36. The molecule has 0 aromatic heterocycles. The van der Waals surface area contributed by atoms with Crippen molar-refractivity contribution in [2.45, 2.75) is 0 Å². The summed E-state index contributed by atoms with van der Waals surface area (Å²) in [5, 5.41) is 0. The maximum atomic E-state index is 11.6. The minimum absolute atomic E-state index is 0.494. The summed E-state index contributed by atoms with van der Waals surface area (Å²) in [5.74, 6) is 0. The van der Waals surface area contributed by atoms with E-state index in [0.717, 1.165) is 11.4 Å². The summed E-state index contributed by atoms with van der Waals surface area (Å²) in [5.41, 5.74) is 7.45. The van der Waals surface area contributed by atoms with Gasteiger partial charge in [0.25, 0.3) is 10.2 Å². The molecular weight excluding hydrogens is 252 g/mol. The van der Waals surface area contributed by atoms with Crippen molar-refractivity contribution in [2.24, 2.45) is 0 Å². The number of nitrogen functional groups attached to an aromatic ring is 1. The Balaban J connectivity index is 2.01. The maximum absolute atomic E-state index is 11.6.